The Morgan fingerprint density at radius 3 is 2.66 bits per heavy atom. The van der Waals surface area contributed by atoms with Crippen molar-refractivity contribution >= 4 is 44.7 Å². The van der Waals surface area contributed by atoms with Gasteiger partial charge in [-0.05, 0) is 64.5 Å². The topological polar surface area (TPSA) is 203 Å². The van der Waals surface area contributed by atoms with Gasteiger partial charge in [-0.15, -0.1) is 0 Å². The summed E-state index contributed by atoms with van der Waals surface area (Å²) in [4.78, 5) is 74.1. The van der Waals surface area contributed by atoms with Gasteiger partial charge in [0, 0.05) is 30.8 Å². The maximum Gasteiger partial charge on any atom is 0.272 e. The Hall–Kier alpha value is -5.06. The van der Waals surface area contributed by atoms with Gasteiger partial charge in [0.15, 0.2) is 0 Å². The first-order valence-electron chi connectivity index (χ1n) is 17.8. The fourth-order valence-corrected chi connectivity index (χ4v) is 8.28. The van der Waals surface area contributed by atoms with Gasteiger partial charge in [0.2, 0.25) is 27.7 Å². The lowest BCUT2D eigenvalue weighted by molar-refractivity contribution is -0.141. The number of carbonyl (C=O) groups is 4. The number of aromatic nitrogens is 4. The number of hydrogen-bond acceptors (Lipinski definition) is 11. The van der Waals surface area contributed by atoms with Crippen molar-refractivity contribution in [3.8, 4) is 5.88 Å². The van der Waals surface area contributed by atoms with Gasteiger partial charge in [0.1, 0.15) is 40.9 Å². The predicted molar refractivity (Wildman–Crippen MR) is 188 cm³/mol. The largest absolute Gasteiger partial charge is 0.471 e. The Balaban J connectivity index is 1.20. The van der Waals surface area contributed by atoms with Crippen molar-refractivity contribution in [2.45, 2.75) is 100 Å². The van der Waals surface area contributed by atoms with E-state index in [-0.39, 0.29) is 42.9 Å². The summed E-state index contributed by atoms with van der Waals surface area (Å²) in [6, 6.07) is 1.79. The van der Waals surface area contributed by atoms with E-state index < -0.39 is 73.9 Å². The average molecular weight is 749 g/mol. The molecular formula is C36H41FN8O7S. The van der Waals surface area contributed by atoms with Crippen molar-refractivity contribution in [3.05, 3.63) is 66.1 Å². The van der Waals surface area contributed by atoms with Crippen LogP contribution in [0.1, 0.15) is 80.9 Å². The van der Waals surface area contributed by atoms with Crippen LogP contribution in [-0.2, 0) is 24.4 Å². The lowest BCUT2D eigenvalue weighted by atomic mass is 10.0. The summed E-state index contributed by atoms with van der Waals surface area (Å²) in [6.07, 6.45) is 11.0. The predicted octanol–water partition coefficient (Wildman–Crippen LogP) is 2.41. The Bertz CT molecular complexity index is 2100. The van der Waals surface area contributed by atoms with Crippen molar-refractivity contribution in [1.29, 1.82) is 0 Å². The zero-order valence-corrected chi connectivity index (χ0v) is 30.2. The van der Waals surface area contributed by atoms with Gasteiger partial charge in [0.25, 0.3) is 11.8 Å². The van der Waals surface area contributed by atoms with Crippen LogP contribution in [0.5, 0.6) is 5.88 Å². The molecule has 3 fully saturated rings. The minimum Gasteiger partial charge on any atom is -0.471 e. The van der Waals surface area contributed by atoms with E-state index in [4.69, 9.17) is 4.74 Å². The van der Waals surface area contributed by atoms with Crippen molar-refractivity contribution < 1.29 is 36.7 Å². The van der Waals surface area contributed by atoms with Crippen LogP contribution in [0.4, 0.5) is 4.39 Å². The SMILES string of the molecule is Cc1nc2ccc(F)cc2nc1O[C@@H]1C[C@H]2C(=O)N[C@]3(C(=O)NS(=O)(=O)C4(C)CC4)CC3/C=C\CCCCC[C@H](NC(=O)c3cnccn3)C(=O)N2C1. The van der Waals surface area contributed by atoms with Crippen LogP contribution in [0, 0.1) is 18.7 Å². The lowest BCUT2D eigenvalue weighted by Crippen LogP contribution is -2.58. The second kappa shape index (κ2) is 14.1. The van der Waals surface area contributed by atoms with Gasteiger partial charge in [-0.1, -0.05) is 25.0 Å². The number of carbonyl (C=O) groups excluding carboxylic acids is 4. The number of rotatable bonds is 7. The third kappa shape index (κ3) is 7.43. The monoisotopic (exact) mass is 748 g/mol. The van der Waals surface area contributed by atoms with Gasteiger partial charge < -0.3 is 20.3 Å². The van der Waals surface area contributed by atoms with Crippen molar-refractivity contribution in [2.24, 2.45) is 5.92 Å². The molecule has 4 aliphatic rings. The molecule has 4 amide bonds. The molecule has 53 heavy (non-hydrogen) atoms. The summed E-state index contributed by atoms with van der Waals surface area (Å²) in [5.74, 6) is -3.53. The van der Waals surface area contributed by atoms with Crippen molar-refractivity contribution in [3.63, 3.8) is 0 Å². The van der Waals surface area contributed by atoms with E-state index in [1.807, 2.05) is 12.2 Å². The van der Waals surface area contributed by atoms with Gasteiger partial charge in [-0.3, -0.25) is 28.9 Å². The van der Waals surface area contributed by atoms with Crippen LogP contribution in [0.15, 0.2) is 48.9 Å². The number of nitrogens with one attached hydrogen (secondary N) is 3. The number of aryl methyl sites for hydroxylation is 1. The van der Waals surface area contributed by atoms with Crippen molar-refractivity contribution in [1.82, 2.24) is 40.2 Å². The Morgan fingerprint density at radius 1 is 1.09 bits per heavy atom. The highest BCUT2D eigenvalue weighted by Crippen LogP contribution is 2.47. The molecule has 1 unspecified atom stereocenters. The van der Waals surface area contributed by atoms with E-state index in [1.54, 1.807) is 13.8 Å². The fraction of sp³-hybridized carbons (Fsp3) is 0.500. The van der Waals surface area contributed by atoms with E-state index in [1.165, 1.54) is 41.7 Å². The molecule has 0 radical (unpaired) electrons. The zero-order valence-electron chi connectivity index (χ0n) is 29.4. The molecule has 2 saturated carbocycles. The van der Waals surface area contributed by atoms with Crippen LogP contribution in [0.25, 0.3) is 11.0 Å². The van der Waals surface area contributed by atoms with E-state index in [9.17, 15) is 32.0 Å². The first kappa shape index (κ1) is 36.3. The minimum atomic E-state index is -4.01. The summed E-state index contributed by atoms with van der Waals surface area (Å²) < 4.78 is 47.7. The quantitative estimate of drug-likeness (QED) is 0.300. The number of halogens is 1. The first-order valence-corrected chi connectivity index (χ1v) is 19.3. The number of ether oxygens (including phenoxy) is 1. The third-order valence-electron chi connectivity index (χ3n) is 10.6. The van der Waals surface area contributed by atoms with Crippen LogP contribution in [0.2, 0.25) is 0 Å². The number of allylic oxidation sites excluding steroid dienone is 1. The maximum atomic E-state index is 14.5. The van der Waals surface area contributed by atoms with Crippen molar-refractivity contribution in [2.75, 3.05) is 6.54 Å². The molecule has 1 saturated heterocycles. The van der Waals surface area contributed by atoms with Gasteiger partial charge in [0.05, 0.1) is 28.5 Å². The summed E-state index contributed by atoms with van der Waals surface area (Å²) in [7, 11) is -4.01. The molecule has 3 aromatic rings. The number of benzene rings is 1. The molecule has 7 rings (SSSR count). The molecule has 17 heteroatoms. The second-order valence-electron chi connectivity index (χ2n) is 14.6. The van der Waals surface area contributed by atoms with Gasteiger partial charge in [-0.25, -0.2) is 27.8 Å². The van der Waals surface area contributed by atoms with Gasteiger partial charge in [-0.2, -0.15) is 0 Å². The molecule has 15 nitrogen and oxygen atoms in total. The number of sulfonamides is 1. The van der Waals surface area contributed by atoms with E-state index >= 15 is 0 Å². The number of nitrogens with zero attached hydrogens (tertiary/aromatic N) is 5. The molecule has 5 atom stereocenters. The molecule has 3 N–H and O–H groups in total. The molecule has 2 aliphatic heterocycles. The van der Waals surface area contributed by atoms with Crippen LogP contribution < -0.4 is 20.1 Å². The van der Waals surface area contributed by atoms with Crippen LogP contribution in [-0.4, -0.2) is 91.9 Å². The highest BCUT2D eigenvalue weighted by atomic mass is 32.2. The molecule has 1 aromatic carbocycles. The molecule has 0 bridgehead atoms. The Morgan fingerprint density at radius 2 is 1.91 bits per heavy atom. The minimum absolute atomic E-state index is 0.0165. The average Bonchev–Trinajstić information content (AvgIpc) is 4.01. The first-order chi connectivity index (χ1) is 25.3. The van der Waals surface area contributed by atoms with Crippen LogP contribution >= 0.6 is 0 Å². The zero-order chi connectivity index (χ0) is 37.5. The third-order valence-corrected chi connectivity index (χ3v) is 12.8. The second-order valence-corrected chi connectivity index (χ2v) is 16.8. The standard InChI is InChI=1S/C36H41FN8O7S/c1-21-32(42-27-16-23(37)10-11-25(27)40-21)52-24-17-29-31(47)43-36(34(49)44-53(50,51)35(2)12-13-35)18-22(36)8-6-4-3-5-7-9-26(33(48)45(29)20-24)41-30(46)28-19-38-14-15-39-28/h6,8,10-11,14-16,19,22,24,26,29H,3-5,7,9,12-13,17-18,20H2,1-2H3,(H,41,46)(H,43,47)(H,44,49)/b8-6-/t22?,24-,26+,29+,36-/m1/s1. The molecule has 4 heterocycles. The highest BCUT2D eigenvalue weighted by molar-refractivity contribution is 7.91. The number of hydrogen-bond donors (Lipinski definition) is 3. The fourth-order valence-electron chi connectivity index (χ4n) is 6.96. The Labute approximate surface area is 305 Å². The summed E-state index contributed by atoms with van der Waals surface area (Å²) in [6.45, 7) is 3.15. The summed E-state index contributed by atoms with van der Waals surface area (Å²) in [5.41, 5.74) is -0.408. The normalized spacial score (nSPS) is 27.6. The Kier molecular flexibility index (Phi) is 9.63. The number of amides is 4. The molecule has 2 aromatic heterocycles. The molecule has 280 valence electrons. The van der Waals surface area contributed by atoms with E-state index in [2.05, 4.69) is 35.3 Å². The lowest BCUT2D eigenvalue weighted by Gasteiger charge is -2.30. The smallest absolute Gasteiger partial charge is 0.272 e. The molecule has 2 aliphatic carbocycles. The highest BCUT2D eigenvalue weighted by Gasteiger charge is 2.63. The summed E-state index contributed by atoms with van der Waals surface area (Å²) in [5, 5.41) is 5.62. The maximum absolute atomic E-state index is 14.5. The molecule has 0 spiro atoms. The van der Waals surface area contributed by atoms with Crippen LogP contribution in [0.3, 0.4) is 0 Å². The molecular weight excluding hydrogens is 708 g/mol. The van der Waals surface area contributed by atoms with Gasteiger partial charge >= 0.3 is 0 Å². The number of fused-ring (bicyclic) bond motifs is 3. The summed E-state index contributed by atoms with van der Waals surface area (Å²) >= 11 is 0. The van der Waals surface area contributed by atoms with E-state index in [0.29, 0.717) is 36.9 Å². The van der Waals surface area contributed by atoms with E-state index in [0.717, 1.165) is 12.8 Å².